The molecule has 2 amide bonds. The zero-order valence-corrected chi connectivity index (χ0v) is 17.9. The molecule has 30 heavy (non-hydrogen) atoms. The third-order valence-electron chi connectivity index (χ3n) is 7.30. The lowest BCUT2D eigenvalue weighted by molar-refractivity contribution is -0.138. The van der Waals surface area contributed by atoms with Crippen LogP contribution >= 0.6 is 0 Å². The maximum absolute atomic E-state index is 13.0. The molecular weight excluding hydrogens is 382 g/mol. The predicted molar refractivity (Wildman–Crippen MR) is 115 cm³/mol. The molecule has 8 nitrogen and oxygen atoms in total. The second kappa shape index (κ2) is 8.79. The van der Waals surface area contributed by atoms with Gasteiger partial charge in [0.1, 0.15) is 0 Å². The van der Waals surface area contributed by atoms with E-state index in [-0.39, 0.29) is 18.6 Å². The number of piperidine rings is 2. The molecule has 1 N–H and O–H groups in total. The van der Waals surface area contributed by atoms with Crippen LogP contribution in [-0.4, -0.2) is 95.7 Å². The van der Waals surface area contributed by atoms with Crippen molar-refractivity contribution in [2.24, 2.45) is 5.41 Å². The van der Waals surface area contributed by atoms with Crippen LogP contribution in [0.25, 0.3) is 0 Å². The molecule has 4 rings (SSSR count). The standard InChI is InChI=1S/C22H33N5O3/c1-24(16-20(28)29)18-4-11-25(12-5-18)21(30)26-13-6-22(7-14-26)8-15-27(17-22)19-2-9-23-10-3-19/h2-3,9-10,18H,4-8,11-17H2,1H3,(H,28,29). The van der Waals surface area contributed by atoms with Crippen molar-refractivity contribution < 1.29 is 14.7 Å². The summed E-state index contributed by atoms with van der Waals surface area (Å²) in [5, 5.41) is 8.97. The van der Waals surface area contributed by atoms with Crippen LogP contribution in [0.4, 0.5) is 10.5 Å². The summed E-state index contributed by atoms with van der Waals surface area (Å²) in [6.07, 6.45) is 8.71. The number of carbonyl (C=O) groups excluding carboxylic acids is 1. The summed E-state index contributed by atoms with van der Waals surface area (Å²) in [6.45, 7) is 5.30. The Balaban J connectivity index is 1.25. The number of urea groups is 1. The van der Waals surface area contributed by atoms with Gasteiger partial charge in [0, 0.05) is 63.4 Å². The zero-order valence-electron chi connectivity index (χ0n) is 17.9. The van der Waals surface area contributed by atoms with Crippen molar-refractivity contribution in [2.75, 3.05) is 57.8 Å². The van der Waals surface area contributed by atoms with Gasteiger partial charge in [-0.1, -0.05) is 0 Å². The smallest absolute Gasteiger partial charge is 0.319 e. The molecule has 3 saturated heterocycles. The van der Waals surface area contributed by atoms with Crippen LogP contribution in [0.15, 0.2) is 24.5 Å². The van der Waals surface area contributed by atoms with Gasteiger partial charge in [0.05, 0.1) is 6.54 Å². The first-order valence-corrected chi connectivity index (χ1v) is 11.1. The highest BCUT2D eigenvalue weighted by Crippen LogP contribution is 2.42. The molecule has 3 fully saturated rings. The molecule has 1 spiro atoms. The number of nitrogens with zero attached hydrogens (tertiary/aromatic N) is 5. The van der Waals surface area contributed by atoms with Gasteiger partial charge in [-0.05, 0) is 56.7 Å². The lowest BCUT2D eigenvalue weighted by atomic mass is 9.78. The Bertz CT molecular complexity index is 742. The average molecular weight is 416 g/mol. The summed E-state index contributed by atoms with van der Waals surface area (Å²) in [5.74, 6) is -0.798. The number of hydrogen-bond acceptors (Lipinski definition) is 5. The number of likely N-dealkylation sites (tertiary alicyclic amines) is 2. The summed E-state index contributed by atoms with van der Waals surface area (Å²) in [4.78, 5) is 36.4. The summed E-state index contributed by atoms with van der Waals surface area (Å²) in [7, 11) is 1.86. The monoisotopic (exact) mass is 415 g/mol. The van der Waals surface area contributed by atoms with Gasteiger partial charge in [0.25, 0.3) is 0 Å². The molecule has 4 heterocycles. The van der Waals surface area contributed by atoms with Crippen molar-refractivity contribution in [1.29, 1.82) is 0 Å². The number of aromatic nitrogens is 1. The minimum Gasteiger partial charge on any atom is -0.480 e. The molecule has 1 aromatic heterocycles. The number of aliphatic carboxylic acids is 1. The van der Waals surface area contributed by atoms with Crippen molar-refractivity contribution >= 4 is 17.7 Å². The molecule has 0 aromatic carbocycles. The quantitative estimate of drug-likeness (QED) is 0.810. The Morgan fingerprint density at radius 1 is 1.07 bits per heavy atom. The molecule has 164 valence electrons. The number of carboxylic acids is 1. The van der Waals surface area contributed by atoms with Crippen LogP contribution in [0.1, 0.15) is 32.1 Å². The van der Waals surface area contributed by atoms with Gasteiger partial charge in [-0.15, -0.1) is 0 Å². The van der Waals surface area contributed by atoms with Crippen LogP contribution in [0.2, 0.25) is 0 Å². The lowest BCUT2D eigenvalue weighted by Gasteiger charge is -2.43. The molecule has 3 aliphatic rings. The number of carboxylic acid groups (broad SMARTS) is 1. The average Bonchev–Trinajstić information content (AvgIpc) is 3.17. The van der Waals surface area contributed by atoms with E-state index < -0.39 is 5.97 Å². The van der Waals surface area contributed by atoms with Gasteiger partial charge in [-0.3, -0.25) is 14.7 Å². The van der Waals surface area contributed by atoms with E-state index in [9.17, 15) is 9.59 Å². The summed E-state index contributed by atoms with van der Waals surface area (Å²) < 4.78 is 0. The Morgan fingerprint density at radius 3 is 2.30 bits per heavy atom. The normalized spacial score (nSPS) is 22.1. The molecule has 0 bridgehead atoms. The predicted octanol–water partition coefficient (Wildman–Crippen LogP) is 1.97. The highest BCUT2D eigenvalue weighted by molar-refractivity contribution is 5.74. The second-order valence-electron chi connectivity index (χ2n) is 9.17. The number of pyridine rings is 1. The largest absolute Gasteiger partial charge is 0.480 e. The highest BCUT2D eigenvalue weighted by Gasteiger charge is 2.42. The zero-order chi connectivity index (χ0) is 21.1. The van der Waals surface area contributed by atoms with Gasteiger partial charge in [0.15, 0.2) is 0 Å². The number of carbonyl (C=O) groups is 2. The molecule has 1 aromatic rings. The number of rotatable bonds is 4. The minimum absolute atomic E-state index is 0.0589. The van der Waals surface area contributed by atoms with Gasteiger partial charge in [0.2, 0.25) is 0 Å². The van der Waals surface area contributed by atoms with Gasteiger partial charge in [-0.2, -0.15) is 0 Å². The van der Waals surface area contributed by atoms with E-state index in [1.54, 1.807) is 0 Å². The van der Waals surface area contributed by atoms with Crippen LogP contribution in [-0.2, 0) is 4.79 Å². The molecule has 0 atom stereocenters. The van der Waals surface area contributed by atoms with Gasteiger partial charge >= 0.3 is 12.0 Å². The third kappa shape index (κ3) is 4.53. The molecule has 0 aliphatic carbocycles. The van der Waals surface area contributed by atoms with Crippen molar-refractivity contribution in [2.45, 2.75) is 38.1 Å². The van der Waals surface area contributed by atoms with E-state index in [0.717, 1.165) is 51.9 Å². The first-order chi connectivity index (χ1) is 14.5. The third-order valence-corrected chi connectivity index (χ3v) is 7.30. The molecule has 0 saturated carbocycles. The maximum atomic E-state index is 13.0. The second-order valence-corrected chi connectivity index (χ2v) is 9.17. The SMILES string of the molecule is CN(CC(=O)O)C1CCN(C(=O)N2CCC3(CC2)CCN(c2ccncc2)C3)CC1. The maximum Gasteiger partial charge on any atom is 0.319 e. The molecule has 3 aliphatic heterocycles. The highest BCUT2D eigenvalue weighted by atomic mass is 16.4. The van der Waals surface area contributed by atoms with Crippen LogP contribution in [0, 0.1) is 5.41 Å². The number of anilines is 1. The Morgan fingerprint density at radius 2 is 1.67 bits per heavy atom. The van der Waals surface area contributed by atoms with Crippen LogP contribution in [0.5, 0.6) is 0 Å². The van der Waals surface area contributed by atoms with Crippen molar-refractivity contribution in [3.05, 3.63) is 24.5 Å². The van der Waals surface area contributed by atoms with E-state index in [1.165, 1.54) is 12.1 Å². The van der Waals surface area contributed by atoms with E-state index in [0.29, 0.717) is 18.5 Å². The number of hydrogen-bond donors (Lipinski definition) is 1. The summed E-state index contributed by atoms with van der Waals surface area (Å²) in [5.41, 5.74) is 1.57. The molecule has 0 radical (unpaired) electrons. The van der Waals surface area contributed by atoms with E-state index in [1.807, 2.05) is 34.1 Å². The minimum atomic E-state index is -0.798. The Kier molecular flexibility index (Phi) is 6.13. The molecular formula is C22H33N5O3. The van der Waals surface area contributed by atoms with Crippen molar-refractivity contribution in [3.63, 3.8) is 0 Å². The first-order valence-electron chi connectivity index (χ1n) is 11.1. The summed E-state index contributed by atoms with van der Waals surface area (Å²) in [6, 6.07) is 4.56. The first kappa shape index (κ1) is 20.9. The van der Waals surface area contributed by atoms with Gasteiger partial charge < -0.3 is 19.8 Å². The summed E-state index contributed by atoms with van der Waals surface area (Å²) >= 11 is 0. The van der Waals surface area contributed by atoms with Crippen LogP contribution in [0.3, 0.4) is 0 Å². The fraction of sp³-hybridized carbons (Fsp3) is 0.682. The number of likely N-dealkylation sites (N-methyl/N-ethyl adjacent to an activating group) is 1. The van der Waals surface area contributed by atoms with E-state index in [2.05, 4.69) is 22.0 Å². The van der Waals surface area contributed by atoms with E-state index >= 15 is 0 Å². The lowest BCUT2D eigenvalue weighted by Crippen LogP contribution is -2.53. The molecule has 8 heteroatoms. The van der Waals surface area contributed by atoms with Crippen molar-refractivity contribution in [3.8, 4) is 0 Å². The fourth-order valence-corrected chi connectivity index (χ4v) is 5.33. The van der Waals surface area contributed by atoms with Crippen LogP contribution < -0.4 is 4.90 Å². The van der Waals surface area contributed by atoms with E-state index in [4.69, 9.17) is 5.11 Å². The fourth-order valence-electron chi connectivity index (χ4n) is 5.33. The topological polar surface area (TPSA) is 80.2 Å². The molecule has 0 unspecified atom stereocenters. The van der Waals surface area contributed by atoms with Crippen molar-refractivity contribution in [1.82, 2.24) is 19.7 Å². The van der Waals surface area contributed by atoms with Gasteiger partial charge in [-0.25, -0.2) is 4.79 Å². The Hall–Kier alpha value is -2.35. The Labute approximate surface area is 178 Å². The number of amides is 2.